The SMILES string of the molecule is CCOC(=O)C1=C(C)N=c2s/c(=C\c3cc(Br)c(O)c(OC)c3)c(=O)n2[C@H]1c1ccc(OC(C)C)c(OC)c1. The summed E-state index contributed by atoms with van der Waals surface area (Å²) < 4.78 is 24.4. The predicted molar refractivity (Wildman–Crippen MR) is 152 cm³/mol. The fraction of sp³-hybridized carbons (Fsp3) is 0.321. The van der Waals surface area contributed by atoms with Crippen molar-refractivity contribution in [3.8, 4) is 23.0 Å². The molecule has 2 heterocycles. The molecule has 1 aliphatic heterocycles. The molecule has 39 heavy (non-hydrogen) atoms. The van der Waals surface area contributed by atoms with Crippen molar-refractivity contribution in [1.29, 1.82) is 0 Å². The molecule has 1 aromatic heterocycles. The van der Waals surface area contributed by atoms with Crippen LogP contribution < -0.4 is 29.1 Å². The first-order chi connectivity index (χ1) is 18.6. The molecule has 11 heteroatoms. The van der Waals surface area contributed by atoms with E-state index in [0.717, 1.165) is 0 Å². The number of benzene rings is 2. The van der Waals surface area contributed by atoms with Crippen LogP contribution in [-0.4, -0.2) is 42.6 Å². The van der Waals surface area contributed by atoms with Crippen LogP contribution in [0.25, 0.3) is 6.08 Å². The molecule has 206 valence electrons. The van der Waals surface area contributed by atoms with E-state index < -0.39 is 12.0 Å². The molecule has 2 aromatic carbocycles. The lowest BCUT2D eigenvalue weighted by Gasteiger charge is -2.25. The molecule has 0 aliphatic carbocycles. The number of allylic oxidation sites excluding steroid dienone is 1. The van der Waals surface area contributed by atoms with E-state index in [4.69, 9.17) is 18.9 Å². The number of carbonyl (C=O) groups excluding carboxylic acids is 1. The number of esters is 1. The van der Waals surface area contributed by atoms with E-state index >= 15 is 0 Å². The molecular weight excluding hydrogens is 588 g/mol. The third-order valence-corrected chi connectivity index (χ3v) is 7.54. The average molecular weight is 618 g/mol. The highest BCUT2D eigenvalue weighted by atomic mass is 79.9. The molecule has 0 amide bonds. The fourth-order valence-electron chi connectivity index (χ4n) is 4.30. The number of phenolic OH excluding ortho intramolecular Hbond substituents is 1. The molecule has 3 aromatic rings. The Morgan fingerprint density at radius 1 is 1.18 bits per heavy atom. The van der Waals surface area contributed by atoms with Gasteiger partial charge in [0.2, 0.25) is 0 Å². The second-order valence-corrected chi connectivity index (χ2v) is 10.8. The van der Waals surface area contributed by atoms with Crippen LogP contribution in [0.2, 0.25) is 0 Å². The van der Waals surface area contributed by atoms with Crippen molar-refractivity contribution >= 4 is 39.3 Å². The number of ether oxygens (including phenoxy) is 4. The third-order valence-electron chi connectivity index (χ3n) is 5.95. The maximum Gasteiger partial charge on any atom is 0.338 e. The Hall–Kier alpha value is -3.57. The maximum atomic E-state index is 13.9. The number of phenols is 1. The van der Waals surface area contributed by atoms with Gasteiger partial charge in [0.15, 0.2) is 27.8 Å². The summed E-state index contributed by atoms with van der Waals surface area (Å²) in [5.74, 6) is 0.699. The molecule has 1 aliphatic rings. The first-order valence-electron chi connectivity index (χ1n) is 12.2. The Labute approximate surface area is 237 Å². The van der Waals surface area contributed by atoms with E-state index in [9.17, 15) is 14.7 Å². The zero-order chi connectivity index (χ0) is 28.4. The summed E-state index contributed by atoms with van der Waals surface area (Å²) in [7, 11) is 2.99. The van der Waals surface area contributed by atoms with Crippen molar-refractivity contribution in [3.05, 3.63) is 76.9 Å². The highest BCUT2D eigenvalue weighted by Gasteiger charge is 2.34. The normalized spacial score (nSPS) is 15.2. The average Bonchev–Trinajstić information content (AvgIpc) is 3.19. The first kappa shape index (κ1) is 28.4. The quantitative estimate of drug-likeness (QED) is 0.380. The van der Waals surface area contributed by atoms with Crippen LogP contribution in [0, 0.1) is 0 Å². The highest BCUT2D eigenvalue weighted by molar-refractivity contribution is 9.10. The van der Waals surface area contributed by atoms with Gasteiger partial charge in [-0.3, -0.25) is 9.36 Å². The van der Waals surface area contributed by atoms with E-state index in [1.165, 1.54) is 30.1 Å². The fourth-order valence-corrected chi connectivity index (χ4v) is 5.80. The summed E-state index contributed by atoms with van der Waals surface area (Å²) in [4.78, 5) is 32.1. The molecule has 0 saturated heterocycles. The van der Waals surface area contributed by atoms with Gasteiger partial charge in [0.1, 0.15) is 0 Å². The number of rotatable bonds is 8. The van der Waals surface area contributed by atoms with Gasteiger partial charge in [0.05, 0.1) is 53.2 Å². The van der Waals surface area contributed by atoms with E-state index in [1.807, 2.05) is 19.9 Å². The standard InChI is InChI=1S/C28H29BrN2O7S/c1-7-37-27(34)23-15(4)30-28-31(24(23)17-8-9-19(38-14(2)3)20(13-17)35-5)26(33)22(39-28)12-16-10-18(29)25(32)21(11-16)36-6/h8-14,24,32H,7H2,1-6H3/b22-12-/t24-/m0/s1. The smallest absolute Gasteiger partial charge is 0.338 e. The Morgan fingerprint density at radius 2 is 1.90 bits per heavy atom. The van der Waals surface area contributed by atoms with Gasteiger partial charge in [0.25, 0.3) is 5.56 Å². The lowest BCUT2D eigenvalue weighted by molar-refractivity contribution is -0.139. The number of carbonyl (C=O) groups is 1. The van der Waals surface area contributed by atoms with Gasteiger partial charge in [0, 0.05) is 0 Å². The zero-order valence-electron chi connectivity index (χ0n) is 22.4. The van der Waals surface area contributed by atoms with Gasteiger partial charge in [-0.15, -0.1) is 0 Å². The predicted octanol–water partition coefficient (Wildman–Crippen LogP) is 4.07. The van der Waals surface area contributed by atoms with Gasteiger partial charge in [-0.2, -0.15) is 0 Å². The monoisotopic (exact) mass is 616 g/mol. The number of methoxy groups -OCH3 is 2. The number of aromatic hydroxyl groups is 1. The Morgan fingerprint density at radius 3 is 2.54 bits per heavy atom. The summed E-state index contributed by atoms with van der Waals surface area (Å²) in [6.07, 6.45) is 1.62. The number of fused-ring (bicyclic) bond motifs is 1. The lowest BCUT2D eigenvalue weighted by atomic mass is 9.95. The first-order valence-corrected chi connectivity index (χ1v) is 13.8. The second-order valence-electron chi connectivity index (χ2n) is 8.93. The zero-order valence-corrected chi connectivity index (χ0v) is 24.8. The van der Waals surface area contributed by atoms with E-state index in [-0.39, 0.29) is 35.3 Å². The van der Waals surface area contributed by atoms with Crippen molar-refractivity contribution in [2.75, 3.05) is 20.8 Å². The van der Waals surface area contributed by atoms with Gasteiger partial charge in [-0.05, 0) is 85.1 Å². The van der Waals surface area contributed by atoms with Crippen molar-refractivity contribution in [1.82, 2.24) is 4.57 Å². The number of halogens is 1. The minimum Gasteiger partial charge on any atom is -0.503 e. The van der Waals surface area contributed by atoms with Crippen LogP contribution in [0.3, 0.4) is 0 Å². The largest absolute Gasteiger partial charge is 0.503 e. The van der Waals surface area contributed by atoms with Crippen molar-refractivity contribution in [2.24, 2.45) is 4.99 Å². The van der Waals surface area contributed by atoms with E-state index in [1.54, 1.807) is 44.2 Å². The molecule has 0 saturated carbocycles. The maximum absolute atomic E-state index is 13.9. The Bertz CT molecular complexity index is 1640. The van der Waals surface area contributed by atoms with Crippen molar-refractivity contribution in [2.45, 2.75) is 39.8 Å². The van der Waals surface area contributed by atoms with E-state index in [2.05, 4.69) is 20.9 Å². The van der Waals surface area contributed by atoms with Crippen LogP contribution in [0.1, 0.15) is 44.9 Å². The van der Waals surface area contributed by atoms with Gasteiger partial charge < -0.3 is 24.1 Å². The highest BCUT2D eigenvalue weighted by Crippen LogP contribution is 2.37. The summed E-state index contributed by atoms with van der Waals surface area (Å²) >= 11 is 4.52. The minimum absolute atomic E-state index is 0.0374. The second kappa shape index (κ2) is 11.7. The van der Waals surface area contributed by atoms with Crippen molar-refractivity contribution < 1.29 is 28.8 Å². The summed E-state index contributed by atoms with van der Waals surface area (Å²) in [5.41, 5.74) is 1.67. The summed E-state index contributed by atoms with van der Waals surface area (Å²) in [5, 5.41) is 10.2. The summed E-state index contributed by atoms with van der Waals surface area (Å²) in [6, 6.07) is 7.85. The molecule has 1 atom stereocenters. The van der Waals surface area contributed by atoms with Crippen LogP contribution >= 0.6 is 27.3 Å². The van der Waals surface area contributed by atoms with Crippen LogP contribution in [-0.2, 0) is 9.53 Å². The van der Waals surface area contributed by atoms with Crippen LogP contribution in [0.15, 0.2) is 55.9 Å². The molecule has 9 nitrogen and oxygen atoms in total. The number of thiazole rings is 1. The number of nitrogens with zero attached hydrogens (tertiary/aromatic N) is 2. The number of hydrogen-bond donors (Lipinski definition) is 1. The van der Waals surface area contributed by atoms with Crippen LogP contribution in [0.4, 0.5) is 0 Å². The molecule has 0 spiro atoms. The van der Waals surface area contributed by atoms with Gasteiger partial charge in [-0.1, -0.05) is 17.4 Å². The minimum atomic E-state index is -0.800. The lowest BCUT2D eigenvalue weighted by Crippen LogP contribution is -2.40. The van der Waals surface area contributed by atoms with Gasteiger partial charge in [-0.25, -0.2) is 9.79 Å². The molecular formula is C28H29BrN2O7S. The van der Waals surface area contributed by atoms with Crippen LogP contribution in [0.5, 0.6) is 23.0 Å². The Balaban J connectivity index is 1.95. The molecule has 1 N–H and O–H groups in total. The molecule has 0 bridgehead atoms. The topological polar surface area (TPSA) is 109 Å². The molecule has 0 unspecified atom stereocenters. The van der Waals surface area contributed by atoms with Gasteiger partial charge >= 0.3 is 5.97 Å². The molecule has 0 radical (unpaired) electrons. The molecule has 4 rings (SSSR count). The van der Waals surface area contributed by atoms with Crippen molar-refractivity contribution in [3.63, 3.8) is 0 Å². The Kier molecular flexibility index (Phi) is 8.51. The van der Waals surface area contributed by atoms with E-state index in [0.29, 0.717) is 42.1 Å². The molecule has 0 fully saturated rings. The number of hydrogen-bond acceptors (Lipinski definition) is 9. The summed E-state index contributed by atoms with van der Waals surface area (Å²) in [6.45, 7) is 7.46. The number of aromatic nitrogens is 1. The third kappa shape index (κ3) is 5.60.